The van der Waals surface area contributed by atoms with Gasteiger partial charge < -0.3 is 42.0 Å². The summed E-state index contributed by atoms with van der Waals surface area (Å²) in [4.78, 5) is 36.6. The van der Waals surface area contributed by atoms with E-state index >= 15 is 0 Å². The summed E-state index contributed by atoms with van der Waals surface area (Å²) in [5, 5.41) is 21.9. The van der Waals surface area contributed by atoms with Crippen LogP contribution in [0, 0.1) is 5.53 Å². The number of anilines is 2. The number of hydrogen-bond acceptors (Lipinski definition) is 13. The summed E-state index contributed by atoms with van der Waals surface area (Å²) in [5.74, 6) is 0.805. The molecule has 0 bridgehead atoms. The van der Waals surface area contributed by atoms with Gasteiger partial charge in [0.15, 0.2) is 0 Å². The number of hydrogen-bond donors (Lipinski definition) is 7. The summed E-state index contributed by atoms with van der Waals surface area (Å²) in [6.07, 6.45) is 16.7. The molecule has 8 N–H and O–H groups in total. The first-order chi connectivity index (χ1) is 25.5. The van der Waals surface area contributed by atoms with Crippen LogP contribution in [0.25, 0.3) is 10.9 Å². The quantitative estimate of drug-likeness (QED) is 0.0533. The third kappa shape index (κ3) is 13.0. The van der Waals surface area contributed by atoms with Crippen LogP contribution < -0.4 is 32.3 Å². The first-order valence-electron chi connectivity index (χ1n) is 19.7. The van der Waals surface area contributed by atoms with Gasteiger partial charge in [-0.1, -0.05) is 31.4 Å². The van der Waals surface area contributed by atoms with Crippen LogP contribution in [0.15, 0.2) is 41.3 Å². The largest absolute Gasteiger partial charge is 0.461 e. The minimum atomic E-state index is -0.768. The van der Waals surface area contributed by atoms with Gasteiger partial charge in [-0.3, -0.25) is 9.59 Å². The Morgan fingerprint density at radius 2 is 1.67 bits per heavy atom. The standard InChI is InChI=1S/C38H61N11O3/c39-33(37(51)52-31-12-4-5-13-31)16-17-35(50)49-24-18-29(19-25-49)45-36-32-14-6-7-15-34(32)46-38(47-36)44-27-30(48-40)26-42-22-8-20-41-21-9-23-43-28-10-2-1-3-11-28/h6-7,14-15,26,28-29,31,33,40-43H,1-5,8-13,16-25,27,39H2,(H2,44,45,46,47)/b30-26-,48-40?. The maximum atomic E-state index is 12.9. The number of nitrogens with two attached hydrogens (primary N) is 1. The Hall–Kier alpha value is -3.88. The van der Waals surface area contributed by atoms with E-state index in [0.717, 1.165) is 100 Å². The van der Waals surface area contributed by atoms with Gasteiger partial charge in [0.2, 0.25) is 11.9 Å². The molecule has 1 aliphatic heterocycles. The molecule has 2 aromatic rings. The summed E-state index contributed by atoms with van der Waals surface area (Å²) < 4.78 is 5.51. The molecule has 0 spiro atoms. The Morgan fingerprint density at radius 1 is 0.942 bits per heavy atom. The van der Waals surface area contributed by atoms with Crippen LogP contribution in [0.4, 0.5) is 11.8 Å². The van der Waals surface area contributed by atoms with E-state index in [1.54, 1.807) is 6.20 Å². The molecule has 14 nitrogen and oxygen atoms in total. The zero-order valence-electron chi connectivity index (χ0n) is 30.8. The Labute approximate surface area is 308 Å². The van der Waals surface area contributed by atoms with E-state index in [4.69, 9.17) is 26.0 Å². The number of ether oxygens (including phenoxy) is 1. The number of carbonyl (C=O) groups excluding carboxylic acids is 2. The second kappa shape index (κ2) is 21.6. The molecule has 2 saturated carbocycles. The minimum absolute atomic E-state index is 0.0179. The molecule has 2 heterocycles. The summed E-state index contributed by atoms with van der Waals surface area (Å²) >= 11 is 0. The number of carbonyl (C=O) groups is 2. The zero-order valence-corrected chi connectivity index (χ0v) is 30.8. The Bertz CT molecular complexity index is 1440. The molecule has 5 rings (SSSR count). The number of rotatable bonds is 21. The van der Waals surface area contributed by atoms with E-state index < -0.39 is 12.0 Å². The van der Waals surface area contributed by atoms with Crippen molar-refractivity contribution in [3.8, 4) is 0 Å². The molecule has 3 fully saturated rings. The molecule has 2 aliphatic carbocycles. The second-order valence-electron chi connectivity index (χ2n) is 14.5. The van der Waals surface area contributed by atoms with Crippen molar-refractivity contribution in [1.29, 1.82) is 5.53 Å². The van der Waals surface area contributed by atoms with E-state index in [0.29, 0.717) is 37.7 Å². The van der Waals surface area contributed by atoms with Gasteiger partial charge in [0, 0.05) is 49.7 Å². The van der Waals surface area contributed by atoms with Crippen LogP contribution in [-0.4, -0.2) is 96.8 Å². The highest BCUT2D eigenvalue weighted by molar-refractivity contribution is 5.90. The Kier molecular flexibility index (Phi) is 16.3. The monoisotopic (exact) mass is 719 g/mol. The van der Waals surface area contributed by atoms with Crippen molar-refractivity contribution in [3.05, 3.63) is 36.2 Å². The van der Waals surface area contributed by atoms with Crippen LogP contribution in [-0.2, 0) is 14.3 Å². The number of nitrogens with zero attached hydrogens (tertiary/aromatic N) is 4. The van der Waals surface area contributed by atoms with Crippen LogP contribution in [0.1, 0.15) is 96.3 Å². The van der Waals surface area contributed by atoms with Gasteiger partial charge in [-0.2, -0.15) is 10.1 Å². The van der Waals surface area contributed by atoms with Crippen molar-refractivity contribution < 1.29 is 14.3 Å². The molecule has 0 radical (unpaired) electrons. The maximum Gasteiger partial charge on any atom is 0.323 e. The highest BCUT2D eigenvalue weighted by Crippen LogP contribution is 2.26. The molecular weight excluding hydrogens is 658 g/mol. The van der Waals surface area contributed by atoms with E-state index in [2.05, 4.69) is 31.7 Å². The smallest absolute Gasteiger partial charge is 0.323 e. The molecule has 286 valence electrons. The Morgan fingerprint density at radius 3 is 2.44 bits per heavy atom. The molecular formula is C38H61N11O3. The van der Waals surface area contributed by atoms with Crippen LogP contribution >= 0.6 is 0 Å². The third-order valence-electron chi connectivity index (χ3n) is 10.4. The second-order valence-corrected chi connectivity index (χ2v) is 14.5. The van der Waals surface area contributed by atoms with Crippen molar-refractivity contribution in [2.75, 3.05) is 56.4 Å². The van der Waals surface area contributed by atoms with Crippen molar-refractivity contribution in [1.82, 2.24) is 30.8 Å². The van der Waals surface area contributed by atoms with Crippen molar-refractivity contribution in [2.45, 2.75) is 121 Å². The minimum Gasteiger partial charge on any atom is -0.461 e. The molecule has 1 atom stereocenters. The van der Waals surface area contributed by atoms with E-state index in [1.165, 1.54) is 32.1 Å². The molecule has 1 unspecified atom stereocenters. The van der Waals surface area contributed by atoms with Gasteiger partial charge in [0.1, 0.15) is 18.0 Å². The summed E-state index contributed by atoms with van der Waals surface area (Å²) in [5.41, 5.74) is 15.1. The number of aromatic nitrogens is 2. The fourth-order valence-electron chi connectivity index (χ4n) is 7.29. The summed E-state index contributed by atoms with van der Waals surface area (Å²) in [6, 6.07) is 7.96. The van der Waals surface area contributed by atoms with Crippen molar-refractivity contribution in [3.63, 3.8) is 0 Å². The lowest BCUT2D eigenvalue weighted by Crippen LogP contribution is -2.43. The molecule has 1 aromatic heterocycles. The normalized spacial score (nSPS) is 18.3. The van der Waals surface area contributed by atoms with Gasteiger partial charge in [-0.25, -0.2) is 10.5 Å². The van der Waals surface area contributed by atoms with Crippen LogP contribution in [0.3, 0.4) is 0 Å². The molecule has 1 aromatic carbocycles. The highest BCUT2D eigenvalue weighted by Gasteiger charge is 2.27. The van der Waals surface area contributed by atoms with Gasteiger partial charge in [0.05, 0.1) is 17.8 Å². The van der Waals surface area contributed by atoms with Crippen LogP contribution in [0.2, 0.25) is 0 Å². The van der Waals surface area contributed by atoms with Gasteiger partial charge in [0.25, 0.3) is 0 Å². The molecule has 1 saturated heterocycles. The van der Waals surface area contributed by atoms with Gasteiger partial charge in [-0.05, 0) is 102 Å². The molecule has 3 aliphatic rings. The topological polar surface area (TPSA) is 195 Å². The van der Waals surface area contributed by atoms with E-state index in [9.17, 15) is 9.59 Å². The first-order valence-corrected chi connectivity index (χ1v) is 19.7. The predicted octanol–water partition coefficient (Wildman–Crippen LogP) is 4.79. The summed E-state index contributed by atoms with van der Waals surface area (Å²) in [6.45, 7) is 5.38. The van der Waals surface area contributed by atoms with E-state index in [1.807, 2.05) is 29.2 Å². The number of esters is 1. The van der Waals surface area contributed by atoms with Gasteiger partial charge >= 0.3 is 5.97 Å². The van der Waals surface area contributed by atoms with Crippen LogP contribution in [0.5, 0.6) is 0 Å². The number of para-hydroxylation sites is 1. The van der Waals surface area contributed by atoms with Crippen molar-refractivity contribution in [2.24, 2.45) is 10.8 Å². The number of likely N-dealkylation sites (tertiary alicyclic amines) is 1. The maximum absolute atomic E-state index is 12.9. The molecule has 1 amide bonds. The third-order valence-corrected chi connectivity index (χ3v) is 10.4. The lowest BCUT2D eigenvalue weighted by Gasteiger charge is -2.33. The van der Waals surface area contributed by atoms with Crippen molar-refractivity contribution >= 4 is 34.5 Å². The SMILES string of the molecule is N=N/C(=C\NCCCNCCCNC1CCCCC1)CNc1nc(NC2CCN(C(=O)CCC(N)C(=O)OC3CCCC3)CC2)c2ccccc2n1. The average Bonchev–Trinajstić information content (AvgIpc) is 3.69. The number of piperidine rings is 1. The number of nitrogens with one attached hydrogen (secondary N) is 6. The van der Waals surface area contributed by atoms with E-state index in [-0.39, 0.29) is 24.5 Å². The molecule has 14 heteroatoms. The fourth-order valence-corrected chi connectivity index (χ4v) is 7.29. The number of benzene rings is 1. The zero-order chi connectivity index (χ0) is 36.4. The fraction of sp³-hybridized carbons (Fsp3) is 0.684. The van der Waals surface area contributed by atoms with Gasteiger partial charge in [-0.15, -0.1) is 0 Å². The highest BCUT2D eigenvalue weighted by atomic mass is 16.5. The molecule has 52 heavy (non-hydrogen) atoms. The number of amides is 1. The average molecular weight is 720 g/mol. The Balaban J connectivity index is 1.00. The first kappa shape index (κ1) is 39.3. The predicted molar refractivity (Wildman–Crippen MR) is 205 cm³/mol. The lowest BCUT2D eigenvalue weighted by molar-refractivity contribution is -0.150. The lowest BCUT2D eigenvalue weighted by atomic mass is 9.95. The summed E-state index contributed by atoms with van der Waals surface area (Å²) in [7, 11) is 0. The number of fused-ring (bicyclic) bond motifs is 1.